The summed E-state index contributed by atoms with van der Waals surface area (Å²) in [5.74, 6) is 0.704. The number of aromatic nitrogens is 1. The quantitative estimate of drug-likeness (QED) is 0.756. The number of nitrogens with one attached hydrogen (secondary N) is 1. The fourth-order valence-corrected chi connectivity index (χ4v) is 2.64. The predicted molar refractivity (Wildman–Crippen MR) is 92.5 cm³/mol. The Morgan fingerprint density at radius 1 is 1.29 bits per heavy atom. The summed E-state index contributed by atoms with van der Waals surface area (Å²) in [6, 6.07) is 11.0. The standard InChI is InChI=1S/C18H17ClN2O3/c1-3-23-16-9-8-13(19)17(21-16)18(22)20-10-15-11(2)12-6-4-5-7-14(12)24-15/h4-9H,3,10H2,1-2H3,(H,20,22). The van der Waals surface area contributed by atoms with Crippen molar-refractivity contribution >= 4 is 28.5 Å². The summed E-state index contributed by atoms with van der Waals surface area (Å²) in [6.45, 7) is 4.54. The monoisotopic (exact) mass is 344 g/mol. The van der Waals surface area contributed by atoms with Gasteiger partial charge >= 0.3 is 0 Å². The Bertz CT molecular complexity index is 889. The molecule has 5 nitrogen and oxygen atoms in total. The molecule has 0 fully saturated rings. The number of ether oxygens (including phenoxy) is 1. The van der Waals surface area contributed by atoms with Gasteiger partial charge in [-0.1, -0.05) is 29.8 Å². The fourth-order valence-electron chi connectivity index (χ4n) is 2.45. The average molecular weight is 345 g/mol. The van der Waals surface area contributed by atoms with Gasteiger partial charge in [-0.3, -0.25) is 4.79 Å². The molecule has 0 aliphatic carbocycles. The second-order valence-electron chi connectivity index (χ2n) is 5.24. The molecule has 0 radical (unpaired) electrons. The van der Waals surface area contributed by atoms with E-state index in [2.05, 4.69) is 10.3 Å². The molecule has 0 bridgehead atoms. The number of benzene rings is 1. The molecule has 1 amide bonds. The zero-order valence-electron chi connectivity index (χ0n) is 13.4. The number of fused-ring (bicyclic) bond motifs is 1. The third-order valence-electron chi connectivity index (χ3n) is 3.68. The summed E-state index contributed by atoms with van der Waals surface area (Å²) in [4.78, 5) is 16.5. The Labute approximate surface area is 144 Å². The van der Waals surface area contributed by atoms with Gasteiger partial charge in [0, 0.05) is 17.0 Å². The molecule has 0 unspecified atom stereocenters. The van der Waals surface area contributed by atoms with Crippen molar-refractivity contribution in [3.63, 3.8) is 0 Å². The highest BCUT2D eigenvalue weighted by Gasteiger charge is 2.16. The maximum absolute atomic E-state index is 12.4. The highest BCUT2D eigenvalue weighted by atomic mass is 35.5. The van der Waals surface area contributed by atoms with E-state index in [1.807, 2.05) is 38.1 Å². The smallest absolute Gasteiger partial charge is 0.271 e. The molecule has 1 aromatic carbocycles. The second kappa shape index (κ2) is 6.93. The van der Waals surface area contributed by atoms with Crippen LogP contribution in [0.1, 0.15) is 28.7 Å². The predicted octanol–water partition coefficient (Wildman–Crippen LogP) is 4.12. The first-order chi connectivity index (χ1) is 11.6. The molecule has 0 saturated carbocycles. The largest absolute Gasteiger partial charge is 0.478 e. The fraction of sp³-hybridized carbons (Fsp3) is 0.222. The van der Waals surface area contributed by atoms with E-state index >= 15 is 0 Å². The molecule has 1 N–H and O–H groups in total. The van der Waals surface area contributed by atoms with Gasteiger partial charge in [-0.2, -0.15) is 0 Å². The van der Waals surface area contributed by atoms with Gasteiger partial charge in [-0.05, 0) is 26.0 Å². The molecule has 0 aliphatic heterocycles. The summed E-state index contributed by atoms with van der Waals surface area (Å²) < 4.78 is 11.1. The van der Waals surface area contributed by atoms with E-state index < -0.39 is 0 Å². The molecule has 3 aromatic rings. The van der Waals surface area contributed by atoms with Crippen molar-refractivity contribution in [3.8, 4) is 5.88 Å². The molecule has 0 spiro atoms. The van der Waals surface area contributed by atoms with Crippen LogP contribution in [0.4, 0.5) is 0 Å². The highest BCUT2D eigenvalue weighted by Crippen LogP contribution is 2.25. The normalized spacial score (nSPS) is 10.8. The third kappa shape index (κ3) is 3.21. The molecule has 6 heteroatoms. The van der Waals surface area contributed by atoms with Crippen molar-refractivity contribution in [2.24, 2.45) is 0 Å². The lowest BCUT2D eigenvalue weighted by Gasteiger charge is -2.07. The molecule has 3 rings (SSSR count). The molecule has 0 aliphatic rings. The molecule has 2 heterocycles. The highest BCUT2D eigenvalue weighted by molar-refractivity contribution is 6.33. The molecular weight excluding hydrogens is 328 g/mol. The van der Waals surface area contributed by atoms with Crippen molar-refractivity contribution in [2.75, 3.05) is 6.61 Å². The Kier molecular flexibility index (Phi) is 4.71. The van der Waals surface area contributed by atoms with Crippen LogP contribution in [0, 0.1) is 6.92 Å². The number of halogens is 1. The minimum Gasteiger partial charge on any atom is -0.478 e. The number of furan rings is 1. The van der Waals surface area contributed by atoms with Gasteiger partial charge in [0.25, 0.3) is 5.91 Å². The van der Waals surface area contributed by atoms with Gasteiger partial charge < -0.3 is 14.5 Å². The zero-order chi connectivity index (χ0) is 17.1. The van der Waals surface area contributed by atoms with Gasteiger partial charge in [-0.15, -0.1) is 0 Å². The Morgan fingerprint density at radius 2 is 2.08 bits per heavy atom. The summed E-state index contributed by atoms with van der Waals surface area (Å²) in [7, 11) is 0. The summed E-state index contributed by atoms with van der Waals surface area (Å²) in [5.41, 5.74) is 1.94. The topological polar surface area (TPSA) is 64.4 Å². The number of rotatable bonds is 5. The minimum atomic E-state index is -0.374. The lowest BCUT2D eigenvalue weighted by molar-refractivity contribution is 0.0942. The van der Waals surface area contributed by atoms with Crippen molar-refractivity contribution in [2.45, 2.75) is 20.4 Å². The Hall–Kier alpha value is -2.53. The van der Waals surface area contributed by atoms with Crippen molar-refractivity contribution in [1.82, 2.24) is 10.3 Å². The zero-order valence-corrected chi connectivity index (χ0v) is 14.2. The number of amides is 1. The second-order valence-corrected chi connectivity index (χ2v) is 5.65. The Morgan fingerprint density at radius 3 is 2.83 bits per heavy atom. The molecular formula is C18H17ClN2O3. The van der Waals surface area contributed by atoms with E-state index in [9.17, 15) is 4.79 Å². The summed E-state index contributed by atoms with van der Waals surface area (Å²) in [5, 5.41) is 4.11. The van der Waals surface area contributed by atoms with Crippen LogP contribution < -0.4 is 10.1 Å². The van der Waals surface area contributed by atoms with E-state index in [1.54, 1.807) is 12.1 Å². The lowest BCUT2D eigenvalue weighted by Crippen LogP contribution is -2.24. The molecule has 0 saturated heterocycles. The van der Waals surface area contributed by atoms with Crippen LogP contribution in [0.5, 0.6) is 5.88 Å². The number of para-hydroxylation sites is 1. The maximum Gasteiger partial charge on any atom is 0.271 e. The lowest BCUT2D eigenvalue weighted by atomic mass is 10.1. The van der Waals surface area contributed by atoms with E-state index in [-0.39, 0.29) is 23.2 Å². The van der Waals surface area contributed by atoms with E-state index in [1.165, 1.54) is 0 Å². The van der Waals surface area contributed by atoms with Crippen LogP contribution in [0.15, 0.2) is 40.8 Å². The number of carbonyl (C=O) groups is 1. The van der Waals surface area contributed by atoms with Crippen LogP contribution in [0.25, 0.3) is 11.0 Å². The van der Waals surface area contributed by atoms with Crippen LogP contribution in [0.3, 0.4) is 0 Å². The first kappa shape index (κ1) is 16.3. The summed E-state index contributed by atoms with van der Waals surface area (Å²) >= 11 is 6.07. The Balaban J connectivity index is 1.77. The van der Waals surface area contributed by atoms with Crippen LogP contribution in [-0.4, -0.2) is 17.5 Å². The van der Waals surface area contributed by atoms with E-state index in [0.29, 0.717) is 18.2 Å². The SMILES string of the molecule is CCOc1ccc(Cl)c(C(=O)NCc2oc3ccccc3c2C)n1. The summed E-state index contributed by atoms with van der Waals surface area (Å²) in [6.07, 6.45) is 0. The van der Waals surface area contributed by atoms with Crippen molar-refractivity contribution < 1.29 is 13.9 Å². The van der Waals surface area contributed by atoms with Crippen molar-refractivity contribution in [1.29, 1.82) is 0 Å². The number of aryl methyl sites for hydroxylation is 1. The minimum absolute atomic E-state index is 0.136. The average Bonchev–Trinajstić information content (AvgIpc) is 2.91. The number of nitrogens with zero attached hydrogens (tertiary/aromatic N) is 1. The number of hydrogen-bond acceptors (Lipinski definition) is 4. The van der Waals surface area contributed by atoms with Gasteiger partial charge in [0.15, 0.2) is 5.69 Å². The maximum atomic E-state index is 12.4. The van der Waals surface area contributed by atoms with Gasteiger partial charge in [0.1, 0.15) is 11.3 Å². The first-order valence-electron chi connectivity index (χ1n) is 7.64. The molecule has 0 atom stereocenters. The van der Waals surface area contributed by atoms with Crippen molar-refractivity contribution in [3.05, 3.63) is 58.4 Å². The van der Waals surface area contributed by atoms with Crippen LogP contribution >= 0.6 is 11.6 Å². The first-order valence-corrected chi connectivity index (χ1v) is 8.02. The van der Waals surface area contributed by atoms with Gasteiger partial charge in [0.2, 0.25) is 5.88 Å². The van der Waals surface area contributed by atoms with Crippen LogP contribution in [-0.2, 0) is 6.54 Å². The van der Waals surface area contributed by atoms with E-state index in [0.717, 1.165) is 16.5 Å². The molecule has 124 valence electrons. The number of hydrogen-bond donors (Lipinski definition) is 1. The number of carbonyl (C=O) groups excluding carboxylic acids is 1. The molecule has 2 aromatic heterocycles. The van der Waals surface area contributed by atoms with Crippen LogP contribution in [0.2, 0.25) is 5.02 Å². The third-order valence-corrected chi connectivity index (χ3v) is 3.98. The van der Waals surface area contributed by atoms with Gasteiger partial charge in [-0.25, -0.2) is 4.98 Å². The molecule has 24 heavy (non-hydrogen) atoms. The van der Waals surface area contributed by atoms with Gasteiger partial charge in [0.05, 0.1) is 18.2 Å². The van der Waals surface area contributed by atoms with E-state index in [4.69, 9.17) is 20.8 Å². The number of pyridine rings is 1.